The highest BCUT2D eigenvalue weighted by atomic mass is 35.5. The second-order valence-corrected chi connectivity index (χ2v) is 6.57. The highest BCUT2D eigenvalue weighted by Crippen LogP contribution is 2.26. The Morgan fingerprint density at radius 2 is 2.00 bits per heavy atom. The third-order valence-corrected chi connectivity index (χ3v) is 3.49. The molecule has 0 aliphatic carbocycles. The van der Waals surface area contributed by atoms with Gasteiger partial charge in [0.15, 0.2) is 0 Å². The molecule has 3 N–H and O–H groups in total. The van der Waals surface area contributed by atoms with Gasteiger partial charge in [0.05, 0.1) is 5.02 Å². The van der Waals surface area contributed by atoms with Gasteiger partial charge in [0.25, 0.3) is 0 Å². The van der Waals surface area contributed by atoms with Crippen molar-refractivity contribution in [1.82, 2.24) is 15.6 Å². The van der Waals surface area contributed by atoms with Crippen LogP contribution in [0.5, 0.6) is 0 Å². The van der Waals surface area contributed by atoms with Crippen LogP contribution in [-0.2, 0) is 11.3 Å². The molecule has 2 aromatic rings. The second kappa shape index (κ2) is 6.50. The number of amides is 1. The number of fused-ring (bicyclic) bond motifs is 1. The maximum Gasteiger partial charge on any atom is 0.221 e. The van der Waals surface area contributed by atoms with Crippen LogP contribution < -0.4 is 10.6 Å². The van der Waals surface area contributed by atoms with Gasteiger partial charge in [-0.2, -0.15) is 0 Å². The van der Waals surface area contributed by atoms with Crippen LogP contribution >= 0.6 is 11.6 Å². The predicted octanol–water partition coefficient (Wildman–Crippen LogP) is 3.22. The molecule has 1 heterocycles. The highest BCUT2D eigenvalue weighted by molar-refractivity contribution is 6.36. The lowest BCUT2D eigenvalue weighted by molar-refractivity contribution is -0.122. The van der Waals surface area contributed by atoms with Crippen molar-refractivity contribution in [3.05, 3.63) is 35.0 Å². The Kier molecular flexibility index (Phi) is 4.91. The Morgan fingerprint density at radius 3 is 2.67 bits per heavy atom. The Labute approximate surface area is 130 Å². The van der Waals surface area contributed by atoms with E-state index in [1.54, 1.807) is 0 Å². The molecule has 0 spiro atoms. The molecule has 114 valence electrons. The number of carbonyl (C=O) groups excluding carboxylic acids is 1. The van der Waals surface area contributed by atoms with Gasteiger partial charge in [-0.15, -0.1) is 0 Å². The van der Waals surface area contributed by atoms with E-state index in [2.05, 4.69) is 15.6 Å². The summed E-state index contributed by atoms with van der Waals surface area (Å²) in [5, 5.41) is 7.96. The van der Waals surface area contributed by atoms with Crippen molar-refractivity contribution >= 4 is 28.4 Å². The van der Waals surface area contributed by atoms with E-state index >= 15 is 0 Å². The van der Waals surface area contributed by atoms with Gasteiger partial charge < -0.3 is 15.6 Å². The predicted molar refractivity (Wildman–Crippen MR) is 87.5 cm³/mol. The summed E-state index contributed by atoms with van der Waals surface area (Å²) in [7, 11) is 0. The number of H-pyrrole nitrogens is 1. The van der Waals surface area contributed by atoms with Crippen LogP contribution in [0.3, 0.4) is 0 Å². The summed E-state index contributed by atoms with van der Waals surface area (Å²) in [5.74, 6) is 0.0535. The summed E-state index contributed by atoms with van der Waals surface area (Å²) >= 11 is 6.34. The first-order valence-corrected chi connectivity index (χ1v) is 7.51. The van der Waals surface area contributed by atoms with Crippen molar-refractivity contribution < 1.29 is 4.79 Å². The molecular formula is C16H22ClN3O. The van der Waals surface area contributed by atoms with Crippen molar-refractivity contribution in [2.45, 2.75) is 39.3 Å². The molecule has 1 aromatic carbocycles. The third-order valence-electron chi connectivity index (χ3n) is 3.06. The smallest absolute Gasteiger partial charge is 0.221 e. The lowest BCUT2D eigenvalue weighted by atomic mass is 10.1. The van der Waals surface area contributed by atoms with Crippen molar-refractivity contribution in [3.63, 3.8) is 0 Å². The van der Waals surface area contributed by atoms with E-state index in [-0.39, 0.29) is 11.4 Å². The van der Waals surface area contributed by atoms with Gasteiger partial charge in [0.1, 0.15) is 0 Å². The molecule has 0 saturated heterocycles. The average Bonchev–Trinajstić information content (AvgIpc) is 2.70. The molecule has 0 fully saturated rings. The van der Waals surface area contributed by atoms with Crippen LogP contribution in [-0.4, -0.2) is 23.0 Å². The van der Waals surface area contributed by atoms with E-state index in [0.29, 0.717) is 19.5 Å². The second-order valence-electron chi connectivity index (χ2n) is 6.19. The van der Waals surface area contributed by atoms with E-state index in [0.717, 1.165) is 21.6 Å². The molecule has 0 bridgehead atoms. The van der Waals surface area contributed by atoms with E-state index < -0.39 is 0 Å². The van der Waals surface area contributed by atoms with Crippen LogP contribution in [0.1, 0.15) is 32.9 Å². The average molecular weight is 308 g/mol. The van der Waals surface area contributed by atoms with E-state index in [1.165, 1.54) is 0 Å². The molecule has 0 aliphatic heterocycles. The number of nitrogens with one attached hydrogen (secondary N) is 3. The maximum absolute atomic E-state index is 11.7. The van der Waals surface area contributed by atoms with Crippen molar-refractivity contribution in [2.24, 2.45) is 0 Å². The minimum Gasteiger partial charge on any atom is -0.356 e. The molecular weight excluding hydrogens is 286 g/mol. The number of aromatic amines is 1. The first-order chi connectivity index (χ1) is 9.87. The molecule has 2 rings (SSSR count). The van der Waals surface area contributed by atoms with Gasteiger partial charge in [-0.3, -0.25) is 4.79 Å². The molecule has 0 radical (unpaired) electrons. The van der Waals surface area contributed by atoms with Gasteiger partial charge in [-0.1, -0.05) is 29.8 Å². The van der Waals surface area contributed by atoms with Crippen molar-refractivity contribution in [1.29, 1.82) is 0 Å². The van der Waals surface area contributed by atoms with Gasteiger partial charge in [0, 0.05) is 41.6 Å². The monoisotopic (exact) mass is 307 g/mol. The molecule has 21 heavy (non-hydrogen) atoms. The normalized spacial score (nSPS) is 11.8. The summed E-state index contributed by atoms with van der Waals surface area (Å²) in [4.78, 5) is 15.0. The largest absolute Gasteiger partial charge is 0.356 e. The molecule has 0 unspecified atom stereocenters. The molecule has 0 atom stereocenters. The number of halogens is 1. The van der Waals surface area contributed by atoms with E-state index in [4.69, 9.17) is 11.6 Å². The Bertz CT molecular complexity index is 628. The van der Waals surface area contributed by atoms with E-state index in [1.807, 2.05) is 45.0 Å². The number of carbonyl (C=O) groups is 1. The number of para-hydroxylation sites is 1. The molecule has 1 aromatic heterocycles. The van der Waals surface area contributed by atoms with Crippen molar-refractivity contribution in [3.8, 4) is 0 Å². The zero-order valence-corrected chi connectivity index (χ0v) is 13.5. The van der Waals surface area contributed by atoms with Gasteiger partial charge in [-0.25, -0.2) is 0 Å². The van der Waals surface area contributed by atoms with Crippen molar-refractivity contribution in [2.75, 3.05) is 6.54 Å². The Hall–Kier alpha value is -1.52. The first kappa shape index (κ1) is 15.9. The summed E-state index contributed by atoms with van der Waals surface area (Å²) in [6.07, 6.45) is 0.453. The molecule has 1 amide bonds. The third kappa shape index (κ3) is 4.48. The quantitative estimate of drug-likeness (QED) is 0.743. The molecule has 0 saturated carbocycles. The van der Waals surface area contributed by atoms with Crippen LogP contribution in [0.15, 0.2) is 24.3 Å². The minimum absolute atomic E-state index is 0.0535. The van der Waals surface area contributed by atoms with Gasteiger partial charge in [0.2, 0.25) is 5.91 Å². The van der Waals surface area contributed by atoms with Crippen LogP contribution in [0.25, 0.3) is 10.9 Å². The summed E-state index contributed by atoms with van der Waals surface area (Å²) in [6, 6.07) is 7.94. The fourth-order valence-electron chi connectivity index (χ4n) is 2.18. The number of hydrogen-bond donors (Lipinski definition) is 3. The number of benzene rings is 1. The first-order valence-electron chi connectivity index (χ1n) is 7.13. The molecule has 0 aliphatic rings. The molecule has 5 heteroatoms. The fourth-order valence-corrected chi connectivity index (χ4v) is 2.46. The SMILES string of the molecule is CC(C)(C)NC(=O)CCNCc1[nH]c2ccccc2c1Cl. The lowest BCUT2D eigenvalue weighted by Crippen LogP contribution is -2.41. The summed E-state index contributed by atoms with van der Waals surface area (Å²) in [5.41, 5.74) is 1.80. The number of aromatic nitrogens is 1. The number of hydrogen-bond acceptors (Lipinski definition) is 2. The van der Waals surface area contributed by atoms with Gasteiger partial charge >= 0.3 is 0 Å². The summed E-state index contributed by atoms with van der Waals surface area (Å²) < 4.78 is 0. The summed E-state index contributed by atoms with van der Waals surface area (Å²) in [6.45, 7) is 7.16. The maximum atomic E-state index is 11.7. The van der Waals surface area contributed by atoms with E-state index in [9.17, 15) is 4.79 Å². The Morgan fingerprint density at radius 1 is 1.29 bits per heavy atom. The molecule has 4 nitrogen and oxygen atoms in total. The lowest BCUT2D eigenvalue weighted by Gasteiger charge is -2.20. The minimum atomic E-state index is -0.183. The topological polar surface area (TPSA) is 56.9 Å². The highest BCUT2D eigenvalue weighted by Gasteiger charge is 2.13. The Balaban J connectivity index is 1.83. The van der Waals surface area contributed by atoms with Gasteiger partial charge in [-0.05, 0) is 26.8 Å². The van der Waals surface area contributed by atoms with Crippen LogP contribution in [0.4, 0.5) is 0 Å². The zero-order chi connectivity index (χ0) is 15.5. The van der Waals surface area contributed by atoms with Crippen LogP contribution in [0.2, 0.25) is 5.02 Å². The fraction of sp³-hybridized carbons (Fsp3) is 0.438. The standard InChI is InChI=1S/C16H22ClN3O/c1-16(2,3)20-14(21)8-9-18-10-13-15(17)11-6-4-5-7-12(11)19-13/h4-7,18-19H,8-10H2,1-3H3,(H,20,21). The van der Waals surface area contributed by atoms with Crippen LogP contribution in [0, 0.1) is 0 Å². The number of rotatable bonds is 5. The zero-order valence-electron chi connectivity index (χ0n) is 12.7.